The van der Waals surface area contributed by atoms with Crippen LogP contribution in [0.3, 0.4) is 0 Å². The molecule has 0 atom stereocenters. The van der Waals surface area contributed by atoms with Crippen molar-refractivity contribution in [2.45, 2.75) is 23.8 Å². The van der Waals surface area contributed by atoms with E-state index < -0.39 is 26.6 Å². The van der Waals surface area contributed by atoms with E-state index in [9.17, 15) is 17.6 Å². The normalized spacial score (nSPS) is 16.7. The SMILES string of the molecule is NS(=O)(=O)c1cc(C(=O)NC2CCOCC2)cc(F)c1Br. The van der Waals surface area contributed by atoms with Gasteiger partial charge >= 0.3 is 0 Å². The smallest absolute Gasteiger partial charge is 0.251 e. The summed E-state index contributed by atoms with van der Waals surface area (Å²) >= 11 is 2.82. The van der Waals surface area contributed by atoms with Crippen molar-refractivity contribution >= 4 is 31.9 Å². The van der Waals surface area contributed by atoms with E-state index in [1.807, 2.05) is 0 Å². The van der Waals surface area contributed by atoms with Crippen LogP contribution in [0.1, 0.15) is 23.2 Å². The molecule has 9 heteroatoms. The van der Waals surface area contributed by atoms with Gasteiger partial charge in [0.2, 0.25) is 10.0 Å². The first-order chi connectivity index (χ1) is 9.79. The van der Waals surface area contributed by atoms with Crippen LogP contribution in [0.2, 0.25) is 0 Å². The number of amides is 1. The van der Waals surface area contributed by atoms with E-state index in [1.54, 1.807) is 0 Å². The van der Waals surface area contributed by atoms with Crippen molar-refractivity contribution in [3.63, 3.8) is 0 Å². The van der Waals surface area contributed by atoms with Gasteiger partial charge in [-0.05, 0) is 40.9 Å². The van der Waals surface area contributed by atoms with E-state index in [4.69, 9.17) is 9.88 Å². The Hall–Kier alpha value is -1.03. The highest BCUT2D eigenvalue weighted by molar-refractivity contribution is 9.10. The molecule has 1 saturated heterocycles. The fourth-order valence-corrected chi connectivity index (χ4v) is 3.56. The summed E-state index contributed by atoms with van der Waals surface area (Å²) in [7, 11) is -4.13. The third-order valence-electron chi connectivity index (χ3n) is 3.12. The molecule has 1 aromatic rings. The Labute approximate surface area is 130 Å². The molecule has 0 radical (unpaired) electrons. The van der Waals surface area contributed by atoms with E-state index in [2.05, 4.69) is 21.2 Å². The minimum atomic E-state index is -4.13. The third kappa shape index (κ3) is 4.00. The second-order valence-electron chi connectivity index (χ2n) is 4.68. The van der Waals surface area contributed by atoms with Crippen molar-refractivity contribution in [1.29, 1.82) is 0 Å². The first-order valence-corrected chi connectivity index (χ1v) is 8.53. The van der Waals surface area contributed by atoms with Gasteiger partial charge in [-0.15, -0.1) is 0 Å². The summed E-state index contributed by atoms with van der Waals surface area (Å²) in [4.78, 5) is 11.6. The number of carbonyl (C=O) groups excluding carboxylic acids is 1. The number of hydrogen-bond acceptors (Lipinski definition) is 4. The summed E-state index contributed by atoms with van der Waals surface area (Å²) < 4.78 is 41.4. The molecule has 0 saturated carbocycles. The standard InChI is InChI=1S/C12H14BrFN2O4S/c13-11-9(14)5-7(6-10(11)21(15,18)19)12(17)16-8-1-3-20-4-2-8/h5-6,8H,1-4H2,(H,16,17)(H2,15,18,19). The molecule has 1 heterocycles. The van der Waals surface area contributed by atoms with E-state index in [0.717, 1.165) is 12.1 Å². The molecule has 1 amide bonds. The summed E-state index contributed by atoms with van der Waals surface area (Å²) in [5.41, 5.74) is -0.0915. The summed E-state index contributed by atoms with van der Waals surface area (Å²) in [6.45, 7) is 1.09. The van der Waals surface area contributed by atoms with Gasteiger partial charge in [-0.3, -0.25) is 4.79 Å². The molecule has 1 aromatic carbocycles. The number of sulfonamides is 1. The number of nitrogens with one attached hydrogen (secondary N) is 1. The van der Waals surface area contributed by atoms with Gasteiger partial charge in [0.1, 0.15) is 5.82 Å². The average Bonchev–Trinajstić information content (AvgIpc) is 2.41. The minimum Gasteiger partial charge on any atom is -0.381 e. The van der Waals surface area contributed by atoms with Crippen molar-refractivity contribution in [1.82, 2.24) is 5.32 Å². The third-order valence-corrected chi connectivity index (χ3v) is 5.12. The molecule has 21 heavy (non-hydrogen) atoms. The topological polar surface area (TPSA) is 98.5 Å². The molecule has 3 N–H and O–H groups in total. The van der Waals surface area contributed by atoms with E-state index in [1.165, 1.54) is 0 Å². The van der Waals surface area contributed by atoms with Crippen molar-refractivity contribution in [2.24, 2.45) is 5.14 Å². The maximum atomic E-state index is 13.7. The lowest BCUT2D eigenvalue weighted by molar-refractivity contribution is 0.0696. The predicted molar refractivity (Wildman–Crippen MR) is 76.8 cm³/mol. The molecule has 1 fully saturated rings. The molecule has 1 aliphatic rings. The summed E-state index contributed by atoms with van der Waals surface area (Å²) in [6, 6.07) is 1.95. The van der Waals surface area contributed by atoms with Crippen molar-refractivity contribution in [2.75, 3.05) is 13.2 Å². The predicted octanol–water partition coefficient (Wildman–Crippen LogP) is 1.14. The Morgan fingerprint density at radius 1 is 1.38 bits per heavy atom. The molecule has 2 rings (SSSR count). The minimum absolute atomic E-state index is 0.0732. The quantitative estimate of drug-likeness (QED) is 0.821. The summed E-state index contributed by atoms with van der Waals surface area (Å²) in [6.07, 6.45) is 1.32. The summed E-state index contributed by atoms with van der Waals surface area (Å²) in [5, 5.41) is 7.73. The monoisotopic (exact) mass is 380 g/mol. The molecular weight excluding hydrogens is 367 g/mol. The highest BCUT2D eigenvalue weighted by Crippen LogP contribution is 2.26. The number of hydrogen-bond donors (Lipinski definition) is 2. The van der Waals surface area contributed by atoms with Crippen LogP contribution in [0.15, 0.2) is 21.5 Å². The van der Waals surface area contributed by atoms with E-state index >= 15 is 0 Å². The fraction of sp³-hybridized carbons (Fsp3) is 0.417. The Morgan fingerprint density at radius 2 is 2.00 bits per heavy atom. The number of halogens is 2. The molecule has 0 spiro atoms. The van der Waals surface area contributed by atoms with Gasteiger partial charge in [0.05, 0.1) is 9.37 Å². The van der Waals surface area contributed by atoms with Crippen LogP contribution in [0.4, 0.5) is 4.39 Å². The number of carbonyl (C=O) groups is 1. The highest BCUT2D eigenvalue weighted by atomic mass is 79.9. The Kier molecular flexibility index (Phi) is 4.97. The zero-order valence-corrected chi connectivity index (χ0v) is 13.3. The second kappa shape index (κ2) is 6.39. The Morgan fingerprint density at radius 3 is 2.57 bits per heavy atom. The highest BCUT2D eigenvalue weighted by Gasteiger charge is 2.22. The molecule has 0 bridgehead atoms. The molecule has 0 unspecified atom stereocenters. The number of ether oxygens (including phenoxy) is 1. The molecule has 116 valence electrons. The lowest BCUT2D eigenvalue weighted by Crippen LogP contribution is -2.39. The maximum absolute atomic E-state index is 13.7. The molecule has 6 nitrogen and oxygen atoms in total. The van der Waals surface area contributed by atoms with Crippen LogP contribution in [0.25, 0.3) is 0 Å². The molecular formula is C12H14BrFN2O4S. The first kappa shape index (κ1) is 16.3. The van der Waals surface area contributed by atoms with Gasteiger partial charge in [-0.1, -0.05) is 0 Å². The second-order valence-corrected chi connectivity index (χ2v) is 7.00. The lowest BCUT2D eigenvalue weighted by atomic mass is 10.1. The zero-order chi connectivity index (χ0) is 15.6. The average molecular weight is 381 g/mol. The van der Waals surface area contributed by atoms with Crippen LogP contribution >= 0.6 is 15.9 Å². The number of nitrogens with two attached hydrogens (primary N) is 1. The van der Waals surface area contributed by atoms with Gasteiger partial charge in [-0.25, -0.2) is 17.9 Å². The largest absolute Gasteiger partial charge is 0.381 e. The Bertz CT molecular complexity index is 659. The molecule has 1 aliphatic heterocycles. The number of rotatable bonds is 3. The van der Waals surface area contributed by atoms with Gasteiger partial charge in [0.25, 0.3) is 5.91 Å². The van der Waals surface area contributed by atoms with Gasteiger partial charge < -0.3 is 10.1 Å². The van der Waals surface area contributed by atoms with Crippen LogP contribution in [0.5, 0.6) is 0 Å². The van der Waals surface area contributed by atoms with E-state index in [0.29, 0.717) is 26.1 Å². The van der Waals surface area contributed by atoms with Crippen molar-refractivity contribution in [3.8, 4) is 0 Å². The van der Waals surface area contributed by atoms with Gasteiger partial charge in [-0.2, -0.15) is 0 Å². The van der Waals surface area contributed by atoms with Crippen LogP contribution in [0, 0.1) is 5.82 Å². The zero-order valence-electron chi connectivity index (χ0n) is 10.9. The molecule has 0 aliphatic carbocycles. The summed E-state index contributed by atoms with van der Waals surface area (Å²) in [5.74, 6) is -1.41. The number of benzene rings is 1. The van der Waals surface area contributed by atoms with Crippen LogP contribution in [-0.4, -0.2) is 33.6 Å². The maximum Gasteiger partial charge on any atom is 0.251 e. The van der Waals surface area contributed by atoms with Crippen molar-refractivity contribution < 1.29 is 22.3 Å². The van der Waals surface area contributed by atoms with Crippen LogP contribution in [-0.2, 0) is 14.8 Å². The van der Waals surface area contributed by atoms with E-state index in [-0.39, 0.29) is 16.1 Å². The first-order valence-electron chi connectivity index (χ1n) is 6.19. The molecule has 0 aromatic heterocycles. The van der Waals surface area contributed by atoms with Gasteiger partial charge in [0.15, 0.2) is 0 Å². The Balaban J connectivity index is 2.27. The van der Waals surface area contributed by atoms with Crippen LogP contribution < -0.4 is 10.5 Å². The van der Waals surface area contributed by atoms with Crippen molar-refractivity contribution in [3.05, 3.63) is 28.0 Å². The fourth-order valence-electron chi connectivity index (χ4n) is 2.01. The number of primary sulfonamides is 1. The lowest BCUT2D eigenvalue weighted by Gasteiger charge is -2.23. The van der Waals surface area contributed by atoms with Gasteiger partial charge in [0, 0.05) is 24.8 Å².